The lowest BCUT2D eigenvalue weighted by molar-refractivity contribution is 0.476. The van der Waals surface area contributed by atoms with Gasteiger partial charge in [0.1, 0.15) is 5.75 Å². The third kappa shape index (κ3) is 4.63. The fourth-order valence-electron chi connectivity index (χ4n) is 4.24. The number of sulfonamides is 2. The molecule has 4 rings (SSSR count). The number of phenols is 1. The van der Waals surface area contributed by atoms with Crippen molar-refractivity contribution in [1.82, 2.24) is 0 Å². The highest BCUT2D eigenvalue weighted by Crippen LogP contribution is 2.48. The van der Waals surface area contributed by atoms with E-state index in [1.54, 1.807) is 44.2 Å². The second-order valence-electron chi connectivity index (χ2n) is 8.15. The Bertz CT molecular complexity index is 1750. The number of hydrogen-bond acceptors (Lipinski definition) is 5. The van der Waals surface area contributed by atoms with E-state index in [0.29, 0.717) is 21.7 Å². The molecular weight excluding hydrogens is 531 g/mol. The molecule has 5 N–H and O–H groups in total. The maximum Gasteiger partial charge on any atom is 0.239 e. The van der Waals surface area contributed by atoms with Gasteiger partial charge >= 0.3 is 0 Å². The summed E-state index contributed by atoms with van der Waals surface area (Å²) >= 11 is 12.5. The Morgan fingerprint density at radius 3 is 1.63 bits per heavy atom. The lowest BCUT2D eigenvalue weighted by atomic mass is 9.89. The maximum absolute atomic E-state index is 13.2. The van der Waals surface area contributed by atoms with Crippen LogP contribution in [0.3, 0.4) is 0 Å². The third-order valence-corrected chi connectivity index (χ3v) is 8.15. The summed E-state index contributed by atoms with van der Waals surface area (Å²) in [6, 6.07) is 13.5. The van der Waals surface area contributed by atoms with Crippen LogP contribution in [0.1, 0.15) is 11.1 Å². The van der Waals surface area contributed by atoms with E-state index in [0.717, 1.165) is 0 Å². The molecular formula is C24H20Cl2N2O5S2. The number of primary sulfonamides is 2. The number of hydrogen-bond donors (Lipinski definition) is 3. The number of aromatic hydroxyl groups is 1. The van der Waals surface area contributed by atoms with Gasteiger partial charge in [-0.15, -0.1) is 0 Å². The Morgan fingerprint density at radius 2 is 1.14 bits per heavy atom. The van der Waals surface area contributed by atoms with Crippen molar-refractivity contribution in [2.24, 2.45) is 10.3 Å². The van der Waals surface area contributed by atoms with Crippen LogP contribution in [0.4, 0.5) is 0 Å². The molecule has 7 nitrogen and oxygen atoms in total. The monoisotopic (exact) mass is 550 g/mol. The Morgan fingerprint density at radius 1 is 0.657 bits per heavy atom. The molecule has 0 radical (unpaired) electrons. The molecule has 0 heterocycles. The van der Waals surface area contributed by atoms with Crippen molar-refractivity contribution in [1.29, 1.82) is 0 Å². The molecule has 0 aliphatic rings. The van der Waals surface area contributed by atoms with Gasteiger partial charge in [0.05, 0.1) is 9.79 Å². The van der Waals surface area contributed by atoms with E-state index < -0.39 is 29.8 Å². The highest BCUT2D eigenvalue weighted by molar-refractivity contribution is 7.90. The summed E-state index contributed by atoms with van der Waals surface area (Å²) in [4.78, 5) is -0.948. The number of rotatable bonds is 4. The molecule has 0 saturated heterocycles. The van der Waals surface area contributed by atoms with E-state index in [-0.39, 0.29) is 38.2 Å². The van der Waals surface area contributed by atoms with Crippen molar-refractivity contribution in [3.8, 4) is 28.0 Å². The summed E-state index contributed by atoms with van der Waals surface area (Å²) in [7, 11) is -9.13. The van der Waals surface area contributed by atoms with Crippen LogP contribution in [0.5, 0.6) is 5.75 Å². The SMILES string of the molecule is Cc1ccc(Cl)cc1-c1c(S(N)(=O)=O)c(-c2cc(Cl)ccc2C)c2ccc(O)cc2c1S(N)(=O)=O. The largest absolute Gasteiger partial charge is 0.508 e. The second-order valence-corrected chi connectivity index (χ2v) is 12.0. The van der Waals surface area contributed by atoms with Crippen molar-refractivity contribution < 1.29 is 21.9 Å². The van der Waals surface area contributed by atoms with Crippen LogP contribution in [-0.2, 0) is 20.0 Å². The molecule has 11 heteroatoms. The predicted molar refractivity (Wildman–Crippen MR) is 139 cm³/mol. The third-order valence-electron chi connectivity index (χ3n) is 5.71. The number of phenolic OH excluding ortho intramolecular Hbond substituents is 1. The number of aryl methyl sites for hydroxylation is 2. The van der Waals surface area contributed by atoms with Crippen LogP contribution >= 0.6 is 23.2 Å². The molecule has 0 unspecified atom stereocenters. The summed E-state index contributed by atoms with van der Waals surface area (Å²) in [5, 5.41) is 22.5. The Balaban J connectivity index is 2.48. The minimum Gasteiger partial charge on any atom is -0.508 e. The average Bonchev–Trinajstić information content (AvgIpc) is 2.74. The van der Waals surface area contributed by atoms with Crippen molar-refractivity contribution in [3.63, 3.8) is 0 Å². The van der Waals surface area contributed by atoms with Crippen molar-refractivity contribution >= 4 is 54.0 Å². The van der Waals surface area contributed by atoms with Crippen molar-refractivity contribution in [2.75, 3.05) is 0 Å². The number of halogens is 2. The molecule has 0 spiro atoms. The molecule has 0 bridgehead atoms. The van der Waals surface area contributed by atoms with E-state index in [2.05, 4.69) is 0 Å². The van der Waals surface area contributed by atoms with Gasteiger partial charge in [0.15, 0.2) is 0 Å². The molecule has 35 heavy (non-hydrogen) atoms. The lowest BCUT2D eigenvalue weighted by Crippen LogP contribution is -2.20. The highest BCUT2D eigenvalue weighted by Gasteiger charge is 2.33. The van der Waals surface area contributed by atoms with Crippen LogP contribution < -0.4 is 10.3 Å². The van der Waals surface area contributed by atoms with Gasteiger partial charge in [-0.2, -0.15) is 0 Å². The summed E-state index contributed by atoms with van der Waals surface area (Å²) in [5.41, 5.74) is 1.70. The predicted octanol–water partition coefficient (Wildman–Crippen LogP) is 5.10. The van der Waals surface area contributed by atoms with E-state index in [1.165, 1.54) is 24.3 Å². The molecule has 0 atom stereocenters. The van der Waals surface area contributed by atoms with Gasteiger partial charge in [-0.25, -0.2) is 27.1 Å². The molecule has 182 valence electrons. The van der Waals surface area contributed by atoms with E-state index in [4.69, 9.17) is 33.5 Å². The second kappa shape index (κ2) is 8.77. The fourth-order valence-corrected chi connectivity index (χ4v) is 6.62. The number of nitrogens with two attached hydrogens (primary N) is 2. The number of benzene rings is 4. The van der Waals surface area contributed by atoms with Gasteiger partial charge in [-0.3, -0.25) is 0 Å². The summed E-state index contributed by atoms with van der Waals surface area (Å²) in [6.07, 6.45) is 0. The molecule has 4 aromatic rings. The standard InChI is InChI=1S/C24H20Cl2N2O5S2/c1-12-3-5-14(25)9-18(12)21-17-8-7-16(29)11-20(17)23(34(27,30)31)22(24(21)35(28,32)33)19-10-15(26)6-4-13(19)2/h3-11,29H,1-2H3,(H2,27,30,31)(H2,28,32,33). The molecule has 0 fully saturated rings. The van der Waals surface area contributed by atoms with Crippen molar-refractivity contribution in [3.05, 3.63) is 75.8 Å². The minimum atomic E-state index is -4.57. The van der Waals surface area contributed by atoms with Gasteiger partial charge in [-0.05, 0) is 84.0 Å². The van der Waals surface area contributed by atoms with E-state index >= 15 is 0 Å². The first kappa shape index (κ1) is 25.4. The normalized spacial score (nSPS) is 12.3. The summed E-state index contributed by atoms with van der Waals surface area (Å²) < 4.78 is 52.5. The Hall–Kier alpha value is -2.66. The summed E-state index contributed by atoms with van der Waals surface area (Å²) in [5.74, 6) is -0.242. The van der Waals surface area contributed by atoms with Gasteiger partial charge in [-0.1, -0.05) is 35.3 Å². The molecule has 4 aromatic carbocycles. The molecule has 0 aliphatic heterocycles. The zero-order valence-corrected chi connectivity index (χ0v) is 21.6. The molecule has 0 amide bonds. The van der Waals surface area contributed by atoms with Gasteiger partial charge < -0.3 is 5.11 Å². The topological polar surface area (TPSA) is 141 Å². The fraction of sp³-hybridized carbons (Fsp3) is 0.0833. The Kier molecular flexibility index (Phi) is 6.38. The highest BCUT2D eigenvalue weighted by atomic mass is 35.5. The smallest absolute Gasteiger partial charge is 0.239 e. The van der Waals surface area contributed by atoms with Crippen molar-refractivity contribution in [2.45, 2.75) is 23.6 Å². The minimum absolute atomic E-state index is 0.0173. The lowest BCUT2D eigenvalue weighted by Gasteiger charge is -2.23. The van der Waals surface area contributed by atoms with Gasteiger partial charge in [0.25, 0.3) is 0 Å². The van der Waals surface area contributed by atoms with Crippen LogP contribution in [0, 0.1) is 13.8 Å². The van der Waals surface area contributed by atoms with E-state index in [9.17, 15) is 21.9 Å². The molecule has 0 saturated carbocycles. The van der Waals surface area contributed by atoms with E-state index in [1.807, 2.05) is 0 Å². The maximum atomic E-state index is 13.2. The quantitative estimate of drug-likeness (QED) is 0.324. The average molecular weight is 551 g/mol. The molecule has 0 aliphatic carbocycles. The number of fused-ring (bicyclic) bond motifs is 1. The van der Waals surface area contributed by atoms with Crippen LogP contribution in [0.2, 0.25) is 10.0 Å². The van der Waals surface area contributed by atoms with Crippen LogP contribution in [-0.4, -0.2) is 21.9 Å². The first-order chi connectivity index (χ1) is 16.2. The van der Waals surface area contributed by atoms with Crippen LogP contribution in [0.15, 0.2) is 64.4 Å². The van der Waals surface area contributed by atoms with Crippen LogP contribution in [0.25, 0.3) is 33.0 Å². The van der Waals surface area contributed by atoms with Gasteiger partial charge in [0.2, 0.25) is 20.0 Å². The first-order valence-corrected chi connectivity index (χ1v) is 14.0. The zero-order valence-electron chi connectivity index (χ0n) is 18.5. The van der Waals surface area contributed by atoms with Gasteiger partial charge in [0, 0.05) is 26.6 Å². The first-order valence-electron chi connectivity index (χ1n) is 10.1. The zero-order chi connectivity index (χ0) is 25.9. The Labute approximate surface area is 213 Å². The molecule has 0 aromatic heterocycles. The summed E-state index contributed by atoms with van der Waals surface area (Å²) in [6.45, 7) is 3.42.